The van der Waals surface area contributed by atoms with Crippen LogP contribution in [0.1, 0.15) is 78.3 Å². The summed E-state index contributed by atoms with van der Waals surface area (Å²) in [5.41, 5.74) is 0.182. The zero-order chi connectivity index (χ0) is 28.6. The number of esters is 1. The van der Waals surface area contributed by atoms with Gasteiger partial charge in [-0.25, -0.2) is 26.7 Å². The predicted molar refractivity (Wildman–Crippen MR) is 138 cm³/mol. The number of ether oxygens (including phenoxy) is 2. The van der Waals surface area contributed by atoms with Crippen LogP contribution >= 0.6 is 0 Å². The van der Waals surface area contributed by atoms with E-state index in [-0.39, 0.29) is 39.8 Å². The molecule has 0 spiro atoms. The molecule has 2 aliphatic rings. The summed E-state index contributed by atoms with van der Waals surface area (Å²) in [6, 6.07) is 8.94. The number of aliphatic hydroxyl groups excluding tert-OH is 1. The molecule has 0 aromatic heterocycles. The van der Waals surface area contributed by atoms with Crippen LogP contribution in [-0.4, -0.2) is 23.8 Å². The number of hydrogen-bond acceptors (Lipinski definition) is 4. The zero-order valence-electron chi connectivity index (χ0n) is 21.7. The molecule has 1 aliphatic carbocycles. The normalized spacial score (nSPS) is 19.2. The second-order valence-electron chi connectivity index (χ2n) is 10.0. The Balaban J connectivity index is 1.26. The first kappa shape index (κ1) is 28.0. The number of carbonyl (C=O) groups excluding carboxylic acids is 1. The Bertz CT molecular complexity index is 1480. The van der Waals surface area contributed by atoms with Crippen LogP contribution in [0.3, 0.4) is 0 Å². The van der Waals surface area contributed by atoms with E-state index < -0.39 is 53.4 Å². The topological polar surface area (TPSA) is 59.1 Å². The lowest BCUT2D eigenvalue weighted by atomic mass is 9.90. The molecular weight excluding hydrogens is 531 g/mol. The molecule has 1 aliphatic heterocycles. The van der Waals surface area contributed by atoms with Gasteiger partial charge in [0.25, 0.3) is 0 Å². The zero-order valence-corrected chi connectivity index (χ0v) is 21.7. The van der Waals surface area contributed by atoms with Gasteiger partial charge in [-0.05, 0) is 42.5 Å². The molecule has 3 aromatic rings. The van der Waals surface area contributed by atoms with Crippen LogP contribution in [0.5, 0.6) is 0 Å². The van der Waals surface area contributed by atoms with Gasteiger partial charge in [0, 0.05) is 28.7 Å². The predicted octanol–water partition coefficient (Wildman–Crippen LogP) is 7.75. The molecule has 1 heterocycles. The lowest BCUT2D eigenvalue weighted by molar-refractivity contribution is 0.0280. The van der Waals surface area contributed by atoms with E-state index in [4.69, 9.17) is 9.47 Å². The number of aliphatic hydroxyl groups is 1. The first-order chi connectivity index (χ1) is 19.2. The molecule has 9 heteroatoms. The number of allylic oxidation sites excluding steroid dienone is 1. The van der Waals surface area contributed by atoms with Crippen LogP contribution in [0.25, 0.3) is 16.7 Å². The first-order valence-corrected chi connectivity index (χ1v) is 13.1. The van der Waals surface area contributed by atoms with Gasteiger partial charge in [0.1, 0.15) is 18.0 Å². The first-order valence-electron chi connectivity index (χ1n) is 13.1. The second kappa shape index (κ2) is 11.5. The fourth-order valence-corrected chi connectivity index (χ4v) is 4.99. The quantitative estimate of drug-likeness (QED) is 0.175. The van der Waals surface area contributed by atoms with Gasteiger partial charge in [-0.1, -0.05) is 49.8 Å². The maximum atomic E-state index is 14.8. The molecular formula is C31H27F5O4. The third-order valence-corrected chi connectivity index (χ3v) is 7.31. The van der Waals surface area contributed by atoms with Gasteiger partial charge in [0.05, 0.1) is 18.3 Å². The van der Waals surface area contributed by atoms with Crippen LogP contribution < -0.4 is 0 Å². The molecule has 3 aromatic carbocycles. The molecule has 0 amide bonds. The highest BCUT2D eigenvalue weighted by atomic mass is 19.2. The molecule has 0 bridgehead atoms. The smallest absolute Gasteiger partial charge is 0.341 e. The minimum Gasteiger partial charge on any atom is -0.458 e. The summed E-state index contributed by atoms with van der Waals surface area (Å²) in [6.45, 7) is 2.14. The summed E-state index contributed by atoms with van der Waals surface area (Å²) in [5, 5.41) is 10.1. The van der Waals surface area contributed by atoms with E-state index >= 15 is 0 Å². The minimum absolute atomic E-state index is 0.0569. The number of halogens is 5. The van der Waals surface area contributed by atoms with Crippen LogP contribution in [0, 0.1) is 29.1 Å². The van der Waals surface area contributed by atoms with E-state index in [1.165, 1.54) is 30.3 Å². The third kappa shape index (κ3) is 5.53. The Morgan fingerprint density at radius 3 is 2.38 bits per heavy atom. The molecule has 1 fully saturated rings. The van der Waals surface area contributed by atoms with Crippen molar-refractivity contribution in [3.8, 4) is 11.1 Å². The highest BCUT2D eigenvalue weighted by molar-refractivity contribution is 5.90. The standard InChI is InChI=1S/C31H27F5O4/c1-2-3-25(37)22-12-10-19(27(33)29(22)35)16-4-7-18(8-5-16)40-31(38)21-9-6-17(14-24(21)32)20-11-13-23(26-15-39-26)30(36)28(20)34/h4,6,9-14,18,25-26,37H,2-3,5,7-8,15H2,1H3. The molecule has 3 atom stereocenters. The van der Waals surface area contributed by atoms with E-state index in [9.17, 15) is 31.9 Å². The van der Waals surface area contributed by atoms with E-state index in [1.807, 2.05) is 6.92 Å². The highest BCUT2D eigenvalue weighted by Crippen LogP contribution is 2.37. The van der Waals surface area contributed by atoms with Crippen molar-refractivity contribution in [3.05, 3.63) is 99.9 Å². The monoisotopic (exact) mass is 558 g/mol. The van der Waals surface area contributed by atoms with Gasteiger partial charge >= 0.3 is 5.97 Å². The van der Waals surface area contributed by atoms with Gasteiger partial charge in [-0.3, -0.25) is 0 Å². The molecule has 3 unspecified atom stereocenters. The van der Waals surface area contributed by atoms with Gasteiger partial charge in [-0.2, -0.15) is 0 Å². The van der Waals surface area contributed by atoms with Crippen molar-refractivity contribution in [2.75, 3.05) is 6.61 Å². The molecule has 1 N–H and O–H groups in total. The van der Waals surface area contributed by atoms with Gasteiger partial charge in [0.2, 0.25) is 0 Å². The SMILES string of the molecule is CCCC(O)c1ccc(C2=CCC(OC(=O)c3ccc(-c4ccc(C5CO5)c(F)c4F)cc3F)CC2)c(F)c1F. The average molecular weight is 559 g/mol. The van der Waals surface area contributed by atoms with Crippen molar-refractivity contribution in [1.29, 1.82) is 0 Å². The lowest BCUT2D eigenvalue weighted by Gasteiger charge is -2.23. The molecule has 4 nitrogen and oxygen atoms in total. The second-order valence-corrected chi connectivity index (χ2v) is 10.0. The number of rotatable bonds is 8. The number of hydrogen-bond donors (Lipinski definition) is 1. The number of benzene rings is 3. The fourth-order valence-electron chi connectivity index (χ4n) is 4.99. The van der Waals surface area contributed by atoms with Crippen molar-refractivity contribution in [2.24, 2.45) is 0 Å². The number of carbonyl (C=O) groups is 1. The molecule has 0 radical (unpaired) electrons. The van der Waals surface area contributed by atoms with E-state index in [1.54, 1.807) is 6.08 Å². The van der Waals surface area contributed by atoms with Crippen molar-refractivity contribution in [3.63, 3.8) is 0 Å². The van der Waals surface area contributed by atoms with Gasteiger partial charge in [0.15, 0.2) is 23.3 Å². The van der Waals surface area contributed by atoms with Crippen molar-refractivity contribution in [1.82, 2.24) is 0 Å². The van der Waals surface area contributed by atoms with Crippen molar-refractivity contribution < 1.29 is 41.3 Å². The largest absolute Gasteiger partial charge is 0.458 e. The molecule has 0 saturated carbocycles. The highest BCUT2D eigenvalue weighted by Gasteiger charge is 2.31. The van der Waals surface area contributed by atoms with Gasteiger partial charge < -0.3 is 14.6 Å². The summed E-state index contributed by atoms with van der Waals surface area (Å²) in [7, 11) is 0. The van der Waals surface area contributed by atoms with E-state index in [0.29, 0.717) is 37.9 Å². The Kier molecular flexibility index (Phi) is 8.05. The molecule has 210 valence electrons. The summed E-state index contributed by atoms with van der Waals surface area (Å²) in [4.78, 5) is 12.7. The van der Waals surface area contributed by atoms with Crippen LogP contribution in [0.15, 0.2) is 48.5 Å². The van der Waals surface area contributed by atoms with Gasteiger partial charge in [-0.15, -0.1) is 0 Å². The number of epoxide rings is 1. The average Bonchev–Trinajstić information content (AvgIpc) is 3.78. The molecule has 1 saturated heterocycles. The fraction of sp³-hybridized carbons (Fsp3) is 0.323. The summed E-state index contributed by atoms with van der Waals surface area (Å²) < 4.78 is 83.6. The van der Waals surface area contributed by atoms with Crippen LogP contribution in [-0.2, 0) is 9.47 Å². The Morgan fingerprint density at radius 2 is 1.73 bits per heavy atom. The van der Waals surface area contributed by atoms with Crippen LogP contribution in [0.4, 0.5) is 22.0 Å². The minimum atomic E-state index is -1.13. The Morgan fingerprint density at radius 1 is 1.00 bits per heavy atom. The van der Waals surface area contributed by atoms with E-state index in [0.717, 1.165) is 12.1 Å². The maximum Gasteiger partial charge on any atom is 0.341 e. The summed E-state index contributed by atoms with van der Waals surface area (Å²) >= 11 is 0. The summed E-state index contributed by atoms with van der Waals surface area (Å²) in [6.07, 6.45) is 1.21. The maximum absolute atomic E-state index is 14.8. The van der Waals surface area contributed by atoms with E-state index in [2.05, 4.69) is 0 Å². The van der Waals surface area contributed by atoms with Crippen molar-refractivity contribution in [2.45, 2.75) is 57.3 Å². The summed E-state index contributed by atoms with van der Waals surface area (Å²) in [5.74, 6) is -6.18. The van der Waals surface area contributed by atoms with Crippen molar-refractivity contribution >= 4 is 11.5 Å². The molecule has 40 heavy (non-hydrogen) atoms. The lowest BCUT2D eigenvalue weighted by Crippen LogP contribution is -2.21. The third-order valence-electron chi connectivity index (χ3n) is 7.31. The van der Waals surface area contributed by atoms with Crippen LogP contribution in [0.2, 0.25) is 0 Å². The molecule has 5 rings (SSSR count). The Labute approximate surface area is 228 Å². The Hall–Kier alpha value is -3.56.